The van der Waals surface area contributed by atoms with Crippen LogP contribution in [-0.2, 0) is 47.7 Å². The van der Waals surface area contributed by atoms with E-state index in [1.807, 2.05) is 76.3 Å². The van der Waals surface area contributed by atoms with E-state index in [0.717, 1.165) is 11.1 Å². The summed E-state index contributed by atoms with van der Waals surface area (Å²) in [5.74, 6) is -7.54. The summed E-state index contributed by atoms with van der Waals surface area (Å²) in [6, 6.07) is 4.37. The number of carbonyl (C=O) groups excluding carboxylic acids is 5. The Hall–Kier alpha value is -4.55. The van der Waals surface area contributed by atoms with Gasteiger partial charge in [0.25, 0.3) is 11.7 Å². The van der Waals surface area contributed by atoms with Crippen molar-refractivity contribution in [1.82, 2.24) is 4.90 Å². The number of methoxy groups -OCH3 is 4. The zero-order valence-electron chi connectivity index (χ0n) is 47.1. The van der Waals surface area contributed by atoms with E-state index >= 15 is 0 Å². The van der Waals surface area contributed by atoms with Crippen molar-refractivity contribution in [3.05, 3.63) is 71.4 Å². The van der Waals surface area contributed by atoms with Crippen molar-refractivity contribution in [2.24, 2.45) is 35.5 Å². The Morgan fingerprint density at radius 2 is 1.59 bits per heavy atom. The lowest BCUT2D eigenvalue weighted by atomic mass is 9.78. The number of piperidine rings is 1. The number of hydrogen-bond donors (Lipinski definition) is 3. The molecule has 3 heterocycles. The smallest absolute Gasteiger partial charge is 0.329 e. The first-order valence-electron chi connectivity index (χ1n) is 27.6. The highest BCUT2D eigenvalue weighted by atomic mass is 16.6. The monoisotopic (exact) mass is 1060 g/mol. The number of Topliss-reactive ketones (excluding diaryl/α,β-unsaturated/α-hetero) is 3. The first-order chi connectivity index (χ1) is 36.2. The van der Waals surface area contributed by atoms with Gasteiger partial charge in [-0.2, -0.15) is 0 Å². The molecule has 16 heteroatoms. The highest BCUT2D eigenvalue weighted by Crippen LogP contribution is 2.43. The fraction of sp³-hybridized carbons (Fsp3) is 0.683. The van der Waals surface area contributed by atoms with Gasteiger partial charge in [0.1, 0.15) is 48.2 Å². The van der Waals surface area contributed by atoms with Crippen molar-refractivity contribution in [2.75, 3.05) is 48.2 Å². The lowest BCUT2D eigenvalue weighted by Gasteiger charge is -2.43. The fourth-order valence-electron chi connectivity index (χ4n) is 11.6. The molecular formula is C60H89NO15. The number of hydrogen-bond acceptors (Lipinski definition) is 15. The number of rotatable bonds is 11. The summed E-state index contributed by atoms with van der Waals surface area (Å²) in [6.07, 6.45) is 11.2. The van der Waals surface area contributed by atoms with Crippen LogP contribution in [0.25, 0.3) is 0 Å². The van der Waals surface area contributed by atoms with E-state index in [9.17, 15) is 39.3 Å². The maximum atomic E-state index is 14.6. The Bertz CT molecular complexity index is 2240. The van der Waals surface area contributed by atoms with Crippen molar-refractivity contribution in [3.63, 3.8) is 0 Å². The largest absolute Gasteiger partial charge is 0.496 e. The Labute approximate surface area is 451 Å². The first kappa shape index (κ1) is 62.3. The molecule has 2 saturated heterocycles. The summed E-state index contributed by atoms with van der Waals surface area (Å²) in [4.78, 5) is 73.2. The Balaban J connectivity index is 1.55. The Morgan fingerprint density at radius 1 is 0.842 bits per heavy atom. The van der Waals surface area contributed by atoms with Gasteiger partial charge < -0.3 is 53.4 Å². The molecule has 1 saturated carbocycles. The lowest BCUT2D eigenvalue weighted by molar-refractivity contribution is -0.264. The number of esters is 1. The molecule has 0 aromatic heterocycles. The maximum Gasteiger partial charge on any atom is 0.329 e. The number of allylic oxidation sites excluding steroid dienone is 7. The van der Waals surface area contributed by atoms with Gasteiger partial charge in [0.15, 0.2) is 5.78 Å². The molecule has 1 amide bonds. The van der Waals surface area contributed by atoms with Gasteiger partial charge in [-0.3, -0.25) is 19.2 Å². The third kappa shape index (κ3) is 16.3. The standard InChI is InChI=1S/C60H89NO15/c1-36-17-13-12-14-18-37(2)46(47-33-44(74-28-27-70-8)23-25-51(47)71-9)34-45-22-20-42(7)60(69,76-45)57(66)58(67)61-26-16-15-19-48(61)59(68)75-52(39(4)31-43-21-24-49(62)53(32-43)72-10)35-50(63)38(3)30-41(6)55(65)56(73-11)54(64)40(5)29-36/h12-14,17-18,23,25,30,33,36,38-40,42-43,45-46,48-49,52-53,55-56,62,65,69H,15-16,19-22,24,26-29,31-32,34-35H2,1-11H3/b14-12+,17-13+,37-18+,41-30+/t36-,38-,39-,40-,42-,43+,45+,46+,48+,49-,52+,53-,55+,56+,60-/m1/s1. The quantitative estimate of drug-likeness (QED) is 0.0829. The minimum Gasteiger partial charge on any atom is -0.496 e. The van der Waals surface area contributed by atoms with Crippen molar-refractivity contribution < 1.29 is 72.5 Å². The molecule has 0 radical (unpaired) electrons. The highest BCUT2D eigenvalue weighted by Gasteiger charge is 2.53. The fourth-order valence-corrected chi connectivity index (χ4v) is 11.6. The molecule has 1 aliphatic carbocycles. The van der Waals surface area contributed by atoms with E-state index < -0.39 is 77.8 Å². The molecule has 2 bridgehead atoms. The van der Waals surface area contributed by atoms with Crippen LogP contribution >= 0.6 is 0 Å². The summed E-state index contributed by atoms with van der Waals surface area (Å²) in [5.41, 5.74) is 2.07. The van der Waals surface area contributed by atoms with Gasteiger partial charge >= 0.3 is 5.97 Å². The topological polar surface area (TPSA) is 214 Å². The molecule has 1 aromatic carbocycles. The molecule has 1 aromatic rings. The second-order valence-electron chi connectivity index (χ2n) is 22.2. The number of ketones is 3. The van der Waals surface area contributed by atoms with Crippen molar-refractivity contribution in [1.29, 1.82) is 0 Å². The number of nitrogens with zero attached hydrogens (tertiary/aromatic N) is 1. The van der Waals surface area contributed by atoms with Crippen LogP contribution in [-0.4, -0.2) is 146 Å². The second kappa shape index (κ2) is 29.4. The number of cyclic esters (lactones) is 1. The SMILES string of the molecule is COCCOc1ccc(OC)c([C@H]2C[C@@H]3CC[C@@H](C)[C@@](O)(O3)C(=O)C(=O)N3CCCC[C@H]3C(=O)O[C@H]([C@H](C)C[C@@H]3CC[C@@H](O)[C@H](OC)C3)CC(=O)[C@H](C)/C=C(\C)[C@H](O)[C@@H](OC)C(=O)[C@H](C)C[C@H](C)/C=C/C=C/C=C/2C)c1. The summed E-state index contributed by atoms with van der Waals surface area (Å²) in [7, 11) is 6.12. The predicted octanol–water partition coefficient (Wildman–Crippen LogP) is 7.98. The second-order valence-corrected chi connectivity index (χ2v) is 22.2. The molecule has 0 unspecified atom stereocenters. The maximum absolute atomic E-state index is 14.6. The Kier molecular flexibility index (Phi) is 24.1. The number of amides is 1. The number of aliphatic hydroxyl groups is 3. The van der Waals surface area contributed by atoms with E-state index in [1.165, 1.54) is 12.0 Å². The molecule has 16 nitrogen and oxygen atoms in total. The number of fused-ring (bicyclic) bond motifs is 3. The van der Waals surface area contributed by atoms with E-state index in [2.05, 4.69) is 0 Å². The normalized spacial score (nSPS) is 36.2. The van der Waals surface area contributed by atoms with E-state index in [0.29, 0.717) is 94.5 Å². The predicted molar refractivity (Wildman–Crippen MR) is 287 cm³/mol. The van der Waals surface area contributed by atoms with Crippen LogP contribution in [0.3, 0.4) is 0 Å². The van der Waals surface area contributed by atoms with Crippen LogP contribution in [0.1, 0.15) is 137 Å². The van der Waals surface area contributed by atoms with E-state index in [-0.39, 0.29) is 60.7 Å². The van der Waals surface area contributed by atoms with Crippen LogP contribution in [0.4, 0.5) is 0 Å². The van der Waals surface area contributed by atoms with Crippen LogP contribution in [0.15, 0.2) is 65.8 Å². The zero-order chi connectivity index (χ0) is 55.9. The van der Waals surface area contributed by atoms with Crippen LogP contribution in [0.2, 0.25) is 0 Å². The molecule has 3 N–H and O–H groups in total. The van der Waals surface area contributed by atoms with E-state index in [4.69, 9.17) is 33.2 Å². The van der Waals surface area contributed by atoms with Crippen LogP contribution in [0, 0.1) is 35.5 Å². The molecule has 5 rings (SSSR count). The average Bonchev–Trinajstić information content (AvgIpc) is 3.40. The molecule has 15 atom stereocenters. The molecule has 3 aliphatic heterocycles. The molecule has 424 valence electrons. The van der Waals surface area contributed by atoms with Gasteiger partial charge in [-0.05, 0) is 126 Å². The number of ether oxygens (including phenoxy) is 7. The summed E-state index contributed by atoms with van der Waals surface area (Å²) < 4.78 is 41.1. The van der Waals surface area contributed by atoms with Crippen molar-refractivity contribution >= 4 is 29.2 Å². The van der Waals surface area contributed by atoms with Crippen molar-refractivity contribution in [3.8, 4) is 11.5 Å². The third-order valence-electron chi connectivity index (χ3n) is 16.4. The highest BCUT2D eigenvalue weighted by molar-refractivity contribution is 6.39. The summed E-state index contributed by atoms with van der Waals surface area (Å²) in [5, 5.41) is 34.5. The minimum absolute atomic E-state index is 0.0259. The van der Waals surface area contributed by atoms with Crippen molar-refractivity contribution in [2.45, 2.75) is 180 Å². The molecule has 4 aliphatic rings. The average molecular weight is 1060 g/mol. The van der Waals surface area contributed by atoms with Crippen LogP contribution in [0.5, 0.6) is 11.5 Å². The first-order valence-corrected chi connectivity index (χ1v) is 27.6. The number of aliphatic hydroxyl groups excluding tert-OH is 2. The van der Waals surface area contributed by atoms with Gasteiger partial charge in [-0.1, -0.05) is 76.6 Å². The lowest BCUT2D eigenvalue weighted by Crippen LogP contribution is -2.60. The number of benzene rings is 1. The third-order valence-corrected chi connectivity index (χ3v) is 16.4. The summed E-state index contributed by atoms with van der Waals surface area (Å²) in [6.45, 7) is 13.5. The van der Waals surface area contributed by atoms with Crippen LogP contribution < -0.4 is 9.47 Å². The minimum atomic E-state index is -2.51. The van der Waals surface area contributed by atoms with E-state index in [1.54, 1.807) is 48.2 Å². The molecule has 3 fully saturated rings. The molecule has 0 spiro atoms. The summed E-state index contributed by atoms with van der Waals surface area (Å²) >= 11 is 0. The van der Waals surface area contributed by atoms with Gasteiger partial charge in [-0.15, -0.1) is 0 Å². The van der Waals surface area contributed by atoms with Gasteiger partial charge in [-0.25, -0.2) is 4.79 Å². The number of carbonyl (C=O) groups is 5. The molecule has 76 heavy (non-hydrogen) atoms. The van der Waals surface area contributed by atoms with Gasteiger partial charge in [0.2, 0.25) is 5.79 Å². The zero-order valence-corrected chi connectivity index (χ0v) is 47.1. The van der Waals surface area contributed by atoms with Gasteiger partial charge in [0.05, 0.1) is 32.0 Å². The Morgan fingerprint density at radius 3 is 2.29 bits per heavy atom. The molecular weight excluding hydrogens is 975 g/mol. The van der Waals surface area contributed by atoms with Gasteiger partial charge in [0, 0.05) is 63.5 Å².